The lowest BCUT2D eigenvalue weighted by atomic mass is 10.1. The van der Waals surface area contributed by atoms with Crippen LogP contribution in [-0.4, -0.2) is 25.3 Å². The van der Waals surface area contributed by atoms with Crippen molar-refractivity contribution in [1.29, 1.82) is 0 Å². The van der Waals surface area contributed by atoms with Crippen LogP contribution in [0.5, 0.6) is 0 Å². The molecule has 11 heavy (non-hydrogen) atoms. The van der Waals surface area contributed by atoms with Crippen LogP contribution >= 0.6 is 0 Å². The minimum Gasteiger partial charge on any atom is -0.377 e. The lowest BCUT2D eigenvalue weighted by Gasteiger charge is -2.08. The molecule has 1 heterocycles. The summed E-state index contributed by atoms with van der Waals surface area (Å²) < 4.78 is 5.52. The predicted molar refractivity (Wildman–Crippen MR) is 46.7 cm³/mol. The third-order valence-electron chi connectivity index (χ3n) is 2.22. The van der Waals surface area contributed by atoms with Gasteiger partial charge in [0, 0.05) is 19.2 Å². The van der Waals surface area contributed by atoms with Crippen molar-refractivity contribution in [3.63, 3.8) is 0 Å². The predicted octanol–water partition coefficient (Wildman–Crippen LogP) is 1.55. The molecule has 0 saturated carbocycles. The fourth-order valence-corrected chi connectivity index (χ4v) is 1.71. The molecule has 0 spiro atoms. The molecule has 0 aliphatic carbocycles. The van der Waals surface area contributed by atoms with Gasteiger partial charge in [-0.3, -0.25) is 0 Å². The second-order valence-corrected chi connectivity index (χ2v) is 3.21. The van der Waals surface area contributed by atoms with Crippen molar-refractivity contribution in [3.8, 4) is 0 Å². The van der Waals surface area contributed by atoms with E-state index in [1.165, 1.54) is 19.3 Å². The Balaban J connectivity index is 2.12. The average molecular weight is 157 g/mol. The molecule has 2 unspecified atom stereocenters. The van der Waals surface area contributed by atoms with E-state index >= 15 is 0 Å². The average Bonchev–Trinajstić information content (AvgIpc) is 2.38. The molecular weight excluding hydrogens is 138 g/mol. The zero-order valence-electron chi connectivity index (χ0n) is 7.60. The van der Waals surface area contributed by atoms with Crippen LogP contribution in [0.15, 0.2) is 0 Å². The van der Waals surface area contributed by atoms with Crippen molar-refractivity contribution in [2.75, 3.05) is 13.2 Å². The third-order valence-corrected chi connectivity index (χ3v) is 2.22. The number of nitrogens with one attached hydrogen (secondary N) is 1. The maximum absolute atomic E-state index is 5.52. The molecular formula is C9H19NO. The molecule has 1 fully saturated rings. The van der Waals surface area contributed by atoms with Gasteiger partial charge in [-0.15, -0.1) is 0 Å². The number of ether oxygens (including phenoxy) is 1. The topological polar surface area (TPSA) is 21.3 Å². The molecule has 1 aliphatic heterocycles. The van der Waals surface area contributed by atoms with Gasteiger partial charge in [-0.25, -0.2) is 0 Å². The van der Waals surface area contributed by atoms with Gasteiger partial charge in [0.05, 0.1) is 6.10 Å². The third kappa shape index (κ3) is 2.80. The Hall–Kier alpha value is -0.0800. The summed E-state index contributed by atoms with van der Waals surface area (Å²) >= 11 is 0. The summed E-state index contributed by atoms with van der Waals surface area (Å²) in [5.74, 6) is 0. The van der Waals surface area contributed by atoms with Gasteiger partial charge in [0.25, 0.3) is 0 Å². The van der Waals surface area contributed by atoms with Gasteiger partial charge < -0.3 is 10.1 Å². The van der Waals surface area contributed by atoms with E-state index in [0.29, 0.717) is 6.10 Å². The maximum atomic E-state index is 5.52. The molecule has 0 bridgehead atoms. The second-order valence-electron chi connectivity index (χ2n) is 3.21. The van der Waals surface area contributed by atoms with E-state index < -0.39 is 0 Å². The SMILES string of the molecule is CCCC1CC(OCC)CN1. The molecule has 1 N–H and O–H groups in total. The van der Waals surface area contributed by atoms with Gasteiger partial charge in [-0.1, -0.05) is 13.3 Å². The molecule has 1 aliphatic rings. The largest absolute Gasteiger partial charge is 0.377 e. The Morgan fingerprint density at radius 3 is 2.91 bits per heavy atom. The number of rotatable bonds is 4. The molecule has 0 radical (unpaired) electrons. The Kier molecular flexibility index (Phi) is 3.87. The number of hydrogen-bond donors (Lipinski definition) is 1. The van der Waals surface area contributed by atoms with Gasteiger partial charge in [-0.05, 0) is 19.8 Å². The first-order valence-corrected chi connectivity index (χ1v) is 4.71. The van der Waals surface area contributed by atoms with Crippen molar-refractivity contribution in [2.45, 2.75) is 45.3 Å². The van der Waals surface area contributed by atoms with Crippen molar-refractivity contribution in [2.24, 2.45) is 0 Å². The molecule has 0 aromatic heterocycles. The molecule has 0 aromatic rings. The van der Waals surface area contributed by atoms with Crippen molar-refractivity contribution in [1.82, 2.24) is 5.32 Å². The van der Waals surface area contributed by atoms with Gasteiger partial charge in [0.2, 0.25) is 0 Å². The quantitative estimate of drug-likeness (QED) is 0.668. The highest BCUT2D eigenvalue weighted by Gasteiger charge is 2.22. The number of hydrogen-bond acceptors (Lipinski definition) is 2. The molecule has 0 amide bonds. The van der Waals surface area contributed by atoms with E-state index in [1.807, 2.05) is 0 Å². The lowest BCUT2D eigenvalue weighted by molar-refractivity contribution is 0.0755. The highest BCUT2D eigenvalue weighted by atomic mass is 16.5. The fourth-order valence-electron chi connectivity index (χ4n) is 1.71. The van der Waals surface area contributed by atoms with E-state index in [-0.39, 0.29) is 0 Å². The van der Waals surface area contributed by atoms with E-state index in [9.17, 15) is 0 Å². The second kappa shape index (κ2) is 4.73. The van der Waals surface area contributed by atoms with Crippen LogP contribution in [0.3, 0.4) is 0 Å². The summed E-state index contributed by atoms with van der Waals surface area (Å²) in [5, 5.41) is 3.47. The van der Waals surface area contributed by atoms with Crippen LogP contribution in [-0.2, 0) is 4.74 Å². The van der Waals surface area contributed by atoms with Crippen LogP contribution in [0, 0.1) is 0 Å². The van der Waals surface area contributed by atoms with Crippen LogP contribution in [0.2, 0.25) is 0 Å². The van der Waals surface area contributed by atoms with E-state index in [1.54, 1.807) is 0 Å². The summed E-state index contributed by atoms with van der Waals surface area (Å²) in [6, 6.07) is 0.719. The summed E-state index contributed by atoms with van der Waals surface area (Å²) in [5.41, 5.74) is 0. The molecule has 1 rings (SSSR count). The van der Waals surface area contributed by atoms with Gasteiger partial charge in [0.1, 0.15) is 0 Å². The van der Waals surface area contributed by atoms with Crippen molar-refractivity contribution >= 4 is 0 Å². The smallest absolute Gasteiger partial charge is 0.0714 e. The highest BCUT2D eigenvalue weighted by molar-refractivity contribution is 4.81. The fraction of sp³-hybridized carbons (Fsp3) is 1.00. The van der Waals surface area contributed by atoms with Gasteiger partial charge >= 0.3 is 0 Å². The van der Waals surface area contributed by atoms with Crippen LogP contribution < -0.4 is 5.32 Å². The summed E-state index contributed by atoms with van der Waals surface area (Å²) in [6.45, 7) is 6.20. The minimum atomic E-state index is 0.483. The first-order chi connectivity index (χ1) is 5.36. The maximum Gasteiger partial charge on any atom is 0.0714 e. The van der Waals surface area contributed by atoms with E-state index in [2.05, 4.69) is 19.2 Å². The Labute approximate surface area is 69.3 Å². The molecule has 1 saturated heterocycles. The lowest BCUT2D eigenvalue weighted by Crippen LogP contribution is -2.21. The Bertz CT molecular complexity index is 93.7. The van der Waals surface area contributed by atoms with Crippen LogP contribution in [0.4, 0.5) is 0 Å². The summed E-state index contributed by atoms with van der Waals surface area (Å²) in [6.07, 6.45) is 4.26. The standard InChI is InChI=1S/C9H19NO/c1-3-5-8-6-9(7-10-8)11-4-2/h8-10H,3-7H2,1-2H3. The molecule has 2 nitrogen and oxygen atoms in total. The molecule has 0 aromatic carbocycles. The van der Waals surface area contributed by atoms with E-state index in [4.69, 9.17) is 4.74 Å². The zero-order valence-corrected chi connectivity index (χ0v) is 7.60. The van der Waals surface area contributed by atoms with E-state index in [0.717, 1.165) is 19.2 Å². The minimum absolute atomic E-state index is 0.483. The Morgan fingerprint density at radius 2 is 2.27 bits per heavy atom. The first kappa shape index (κ1) is 9.01. The monoisotopic (exact) mass is 157 g/mol. The van der Waals surface area contributed by atoms with Gasteiger partial charge in [-0.2, -0.15) is 0 Å². The van der Waals surface area contributed by atoms with Gasteiger partial charge in [0.15, 0.2) is 0 Å². The Morgan fingerprint density at radius 1 is 1.45 bits per heavy atom. The summed E-state index contributed by atoms with van der Waals surface area (Å²) in [4.78, 5) is 0. The van der Waals surface area contributed by atoms with Crippen molar-refractivity contribution < 1.29 is 4.74 Å². The highest BCUT2D eigenvalue weighted by Crippen LogP contribution is 2.13. The zero-order chi connectivity index (χ0) is 8.10. The van der Waals surface area contributed by atoms with Crippen LogP contribution in [0.1, 0.15) is 33.1 Å². The normalized spacial score (nSPS) is 31.1. The molecule has 66 valence electrons. The molecule has 2 atom stereocenters. The van der Waals surface area contributed by atoms with Crippen LogP contribution in [0.25, 0.3) is 0 Å². The summed E-state index contributed by atoms with van der Waals surface area (Å²) in [7, 11) is 0. The van der Waals surface area contributed by atoms with Crippen molar-refractivity contribution in [3.05, 3.63) is 0 Å². The first-order valence-electron chi connectivity index (χ1n) is 4.71. The molecule has 2 heteroatoms.